The topological polar surface area (TPSA) is 51.5 Å². The van der Waals surface area contributed by atoms with Crippen LogP contribution in [0.5, 0.6) is 5.88 Å². The maximum absolute atomic E-state index is 10.9. The Morgan fingerprint density at radius 3 is 2.90 bits per heavy atom. The third-order valence-corrected chi connectivity index (χ3v) is 3.23. The minimum absolute atomic E-state index is 0.252. The zero-order valence-electron chi connectivity index (χ0n) is 11.2. The lowest BCUT2D eigenvalue weighted by Crippen LogP contribution is -2.20. The Kier molecular flexibility index (Phi) is 3.32. The summed E-state index contributed by atoms with van der Waals surface area (Å²) in [4.78, 5) is 19.7. The number of nitrogens with zero attached hydrogens (tertiary/aromatic N) is 2. The van der Waals surface area contributed by atoms with Gasteiger partial charge in [-0.15, -0.1) is 0 Å². The van der Waals surface area contributed by atoms with Crippen LogP contribution >= 0.6 is 0 Å². The van der Waals surface area contributed by atoms with E-state index in [9.17, 15) is 4.79 Å². The van der Waals surface area contributed by atoms with Gasteiger partial charge >= 0.3 is 0 Å². The fraction of sp³-hybridized carbons (Fsp3) is 0.250. The average Bonchev–Trinajstić information content (AvgIpc) is 2.86. The highest BCUT2D eigenvalue weighted by molar-refractivity contribution is 5.80. The Balaban J connectivity index is 2.15. The van der Waals surface area contributed by atoms with Gasteiger partial charge in [-0.1, -0.05) is 31.5 Å². The van der Waals surface area contributed by atoms with Gasteiger partial charge in [0.2, 0.25) is 5.88 Å². The van der Waals surface area contributed by atoms with Gasteiger partial charge in [0.15, 0.2) is 11.3 Å². The Labute approximate surface area is 116 Å². The minimum Gasteiger partial charge on any atom is -0.476 e. The van der Waals surface area contributed by atoms with Crippen LogP contribution in [-0.4, -0.2) is 17.5 Å². The summed E-state index contributed by atoms with van der Waals surface area (Å²) in [5.74, 6) is 2.26. The molecule has 20 heavy (non-hydrogen) atoms. The van der Waals surface area contributed by atoms with Crippen molar-refractivity contribution in [1.29, 1.82) is 0 Å². The van der Waals surface area contributed by atoms with Crippen LogP contribution in [0.2, 0.25) is 0 Å². The molecule has 2 aromatic rings. The number of hydrogen-bond donors (Lipinski definition) is 0. The molecule has 2 heterocycles. The molecule has 4 nitrogen and oxygen atoms in total. The monoisotopic (exact) mass is 266 g/mol. The van der Waals surface area contributed by atoms with Gasteiger partial charge in [-0.3, -0.25) is 0 Å². The number of ether oxygens (including phenoxy) is 1. The van der Waals surface area contributed by atoms with Crippen molar-refractivity contribution < 1.29 is 9.53 Å². The van der Waals surface area contributed by atoms with Gasteiger partial charge in [-0.25, -0.2) is 14.8 Å². The number of carbonyl (C=O) groups excluding carboxylic acids is 1. The molecular formula is C16H14N2O2. The molecule has 4 heteroatoms. The van der Waals surface area contributed by atoms with Gasteiger partial charge in [0.05, 0.1) is 12.3 Å². The molecule has 1 aromatic carbocycles. The van der Waals surface area contributed by atoms with E-state index in [2.05, 4.69) is 16.9 Å². The molecule has 0 saturated heterocycles. The SMILES string of the molecule is CCCCOc1nc(=C=O)cc2c1=Nc1ccccc1-2. The van der Waals surface area contributed by atoms with Gasteiger partial charge in [-0.2, -0.15) is 0 Å². The van der Waals surface area contributed by atoms with Crippen LogP contribution in [0.4, 0.5) is 5.69 Å². The van der Waals surface area contributed by atoms with E-state index in [1.807, 2.05) is 30.2 Å². The molecular weight excluding hydrogens is 252 g/mol. The van der Waals surface area contributed by atoms with E-state index in [4.69, 9.17) is 4.74 Å². The standard InChI is InChI=1S/C16H14N2O2/c1-2-3-8-20-16-15-13(9-11(10-19)17-16)12-6-4-5-7-14(12)18-15/h4-7,9H,2-3,8H2,1H3. The molecule has 0 fully saturated rings. The van der Waals surface area contributed by atoms with Crippen LogP contribution in [0.25, 0.3) is 11.1 Å². The zero-order chi connectivity index (χ0) is 13.9. The van der Waals surface area contributed by atoms with Gasteiger partial charge < -0.3 is 4.74 Å². The molecule has 0 atom stereocenters. The first-order valence-electron chi connectivity index (χ1n) is 6.70. The third-order valence-electron chi connectivity index (χ3n) is 3.23. The molecule has 1 aromatic heterocycles. The molecule has 1 aliphatic rings. The van der Waals surface area contributed by atoms with E-state index in [1.54, 1.807) is 6.07 Å². The number of benzene rings is 1. The summed E-state index contributed by atoms with van der Waals surface area (Å²) in [5, 5.41) is 0.962. The van der Waals surface area contributed by atoms with Crippen LogP contribution < -0.4 is 15.4 Å². The highest BCUT2D eigenvalue weighted by Gasteiger charge is 2.17. The molecule has 0 amide bonds. The molecule has 0 saturated carbocycles. The van der Waals surface area contributed by atoms with Crippen molar-refractivity contribution in [2.24, 2.45) is 4.99 Å². The maximum atomic E-state index is 10.9. The van der Waals surface area contributed by atoms with E-state index in [0.717, 1.165) is 29.7 Å². The van der Waals surface area contributed by atoms with Crippen LogP contribution in [0.1, 0.15) is 19.8 Å². The van der Waals surface area contributed by atoms with Gasteiger partial charge in [0, 0.05) is 11.1 Å². The first kappa shape index (κ1) is 12.6. The first-order chi connectivity index (χ1) is 9.83. The predicted octanol–water partition coefficient (Wildman–Crippen LogP) is 1.70. The normalized spacial score (nSPS) is 11.2. The van der Waals surface area contributed by atoms with Crippen molar-refractivity contribution in [3.8, 4) is 17.0 Å². The second-order valence-electron chi connectivity index (χ2n) is 4.64. The summed E-state index contributed by atoms with van der Waals surface area (Å²) in [5.41, 5.74) is 2.77. The maximum Gasteiger partial charge on any atom is 0.241 e. The molecule has 1 aliphatic heterocycles. The Hall–Kier alpha value is -2.45. The molecule has 0 aliphatic carbocycles. The molecule has 0 spiro atoms. The van der Waals surface area contributed by atoms with Crippen LogP contribution in [-0.2, 0) is 4.79 Å². The summed E-state index contributed by atoms with van der Waals surface area (Å²) in [6, 6.07) is 9.52. The highest BCUT2D eigenvalue weighted by atomic mass is 16.5. The molecule has 0 unspecified atom stereocenters. The van der Waals surface area contributed by atoms with E-state index in [-0.39, 0.29) is 5.35 Å². The van der Waals surface area contributed by atoms with Crippen LogP contribution in [0.3, 0.4) is 0 Å². The number of fused-ring (bicyclic) bond motifs is 3. The van der Waals surface area contributed by atoms with E-state index in [0.29, 0.717) is 17.8 Å². The fourth-order valence-electron chi connectivity index (χ4n) is 2.21. The number of unbranched alkanes of at least 4 members (excludes halogenated alkanes) is 1. The molecule has 0 radical (unpaired) electrons. The van der Waals surface area contributed by atoms with Gasteiger partial charge in [0.25, 0.3) is 0 Å². The number of pyridine rings is 1. The van der Waals surface area contributed by atoms with Crippen molar-refractivity contribution in [2.75, 3.05) is 6.61 Å². The van der Waals surface area contributed by atoms with E-state index in [1.165, 1.54) is 0 Å². The fourth-order valence-corrected chi connectivity index (χ4v) is 2.21. The second-order valence-corrected chi connectivity index (χ2v) is 4.64. The Morgan fingerprint density at radius 2 is 2.10 bits per heavy atom. The quantitative estimate of drug-likeness (QED) is 0.675. The van der Waals surface area contributed by atoms with Gasteiger partial charge in [0.1, 0.15) is 5.36 Å². The van der Waals surface area contributed by atoms with E-state index < -0.39 is 0 Å². The molecule has 3 rings (SSSR count). The van der Waals surface area contributed by atoms with Crippen molar-refractivity contribution in [1.82, 2.24) is 4.98 Å². The predicted molar refractivity (Wildman–Crippen MR) is 75.3 cm³/mol. The summed E-state index contributed by atoms with van der Waals surface area (Å²) in [6.07, 6.45) is 1.98. The molecule has 0 N–H and O–H groups in total. The molecule has 0 bridgehead atoms. The zero-order valence-corrected chi connectivity index (χ0v) is 11.2. The van der Waals surface area contributed by atoms with Crippen molar-refractivity contribution in [3.05, 3.63) is 41.0 Å². The third kappa shape index (κ3) is 2.10. The summed E-state index contributed by atoms with van der Waals surface area (Å²) < 4.78 is 5.68. The summed E-state index contributed by atoms with van der Waals surface area (Å²) in [7, 11) is 0. The minimum atomic E-state index is 0.252. The average molecular weight is 266 g/mol. The smallest absolute Gasteiger partial charge is 0.241 e. The lowest BCUT2D eigenvalue weighted by molar-refractivity contribution is 0.293. The van der Waals surface area contributed by atoms with Crippen molar-refractivity contribution in [2.45, 2.75) is 19.8 Å². The first-order valence-corrected chi connectivity index (χ1v) is 6.70. The lowest BCUT2D eigenvalue weighted by Gasteiger charge is -2.04. The summed E-state index contributed by atoms with van der Waals surface area (Å²) >= 11 is 0. The van der Waals surface area contributed by atoms with E-state index >= 15 is 0 Å². The van der Waals surface area contributed by atoms with Gasteiger partial charge in [-0.05, 0) is 18.6 Å². The number of hydrogen-bond acceptors (Lipinski definition) is 4. The summed E-state index contributed by atoms with van der Waals surface area (Å²) in [6.45, 7) is 2.67. The lowest BCUT2D eigenvalue weighted by atomic mass is 10.1. The number of rotatable bonds is 4. The highest BCUT2D eigenvalue weighted by Crippen LogP contribution is 2.32. The van der Waals surface area contributed by atoms with Crippen molar-refractivity contribution in [3.63, 3.8) is 0 Å². The largest absolute Gasteiger partial charge is 0.476 e. The van der Waals surface area contributed by atoms with Crippen molar-refractivity contribution >= 4 is 11.6 Å². The number of aromatic nitrogens is 1. The second kappa shape index (κ2) is 5.27. The van der Waals surface area contributed by atoms with Crippen LogP contribution in [0.15, 0.2) is 35.3 Å². The van der Waals surface area contributed by atoms with Crippen LogP contribution in [0, 0.1) is 0 Å². The Bertz CT molecular complexity index is 793. The molecule has 100 valence electrons. The number of para-hydroxylation sites is 1. The Morgan fingerprint density at radius 1 is 1.25 bits per heavy atom.